The number of carbonyl (C=O) groups is 2. The Labute approximate surface area is 256 Å². The fourth-order valence-electron chi connectivity index (χ4n) is 5.29. The second-order valence-electron chi connectivity index (χ2n) is 11.0. The lowest BCUT2D eigenvalue weighted by atomic mass is 9.97. The molecule has 0 bridgehead atoms. The first-order valence-electron chi connectivity index (χ1n) is 14.1. The molecule has 3 aromatic carbocycles. The molecule has 0 spiro atoms. The fourth-order valence-corrected chi connectivity index (χ4v) is 5.29. The summed E-state index contributed by atoms with van der Waals surface area (Å²) in [5, 5.41) is 0. The van der Waals surface area contributed by atoms with E-state index in [1.165, 1.54) is 42.0 Å². The molecule has 1 saturated heterocycles. The molecule has 4 rings (SSSR count). The predicted molar refractivity (Wildman–Crippen MR) is 152 cm³/mol. The van der Waals surface area contributed by atoms with Crippen LogP contribution in [-0.2, 0) is 17.1 Å². The summed E-state index contributed by atoms with van der Waals surface area (Å²) in [4.78, 5) is 30.9. The zero-order chi connectivity index (χ0) is 33.3. The zero-order valence-corrected chi connectivity index (χ0v) is 24.9. The van der Waals surface area contributed by atoms with Gasteiger partial charge in [-0.25, -0.2) is 14.0 Å². The summed E-state index contributed by atoms with van der Waals surface area (Å²) in [6.07, 6.45) is -11.3. The summed E-state index contributed by atoms with van der Waals surface area (Å²) in [7, 11) is 1.28. The third-order valence-electron chi connectivity index (χ3n) is 8.00. The minimum atomic E-state index is -5.05. The van der Waals surface area contributed by atoms with Gasteiger partial charge < -0.3 is 19.4 Å². The zero-order valence-electron chi connectivity index (χ0n) is 24.9. The number of halogens is 7. The fraction of sp³-hybridized carbons (Fsp3) is 0.375. The van der Waals surface area contributed by atoms with Gasteiger partial charge in [0.1, 0.15) is 11.9 Å². The largest absolute Gasteiger partial charge is 0.442 e. The Bertz CT molecular complexity index is 1500. The minimum Gasteiger partial charge on any atom is -0.442 e. The summed E-state index contributed by atoms with van der Waals surface area (Å²) in [6, 6.07) is 11.5. The Hall–Kier alpha value is -4.29. The smallest absolute Gasteiger partial charge is 0.416 e. The highest BCUT2D eigenvalue weighted by molar-refractivity contribution is 5.76. The Kier molecular flexibility index (Phi) is 9.69. The van der Waals surface area contributed by atoms with Gasteiger partial charge in [-0.15, -0.1) is 0 Å². The van der Waals surface area contributed by atoms with Crippen LogP contribution in [0.1, 0.15) is 65.4 Å². The molecule has 13 heteroatoms. The standard InChI is InChI=1S/C32H32F7N3O3/c1-19-14-26(33)10-11-27(19)28-18-41(30(44)45-21(3)22-8-6-5-7-9-22)12-13-42(28)29(43)40(4)20(2)23-15-24(31(34,35)36)17-25(16-23)32(37,38)39/h5-11,14-17,20-21,28H,12-13,18H2,1-4H3/t20-,21+,28-/m0/s1. The van der Waals surface area contributed by atoms with E-state index < -0.39 is 59.6 Å². The number of carbonyl (C=O) groups excluding carboxylic acids is 2. The second-order valence-corrected chi connectivity index (χ2v) is 11.0. The number of piperazine rings is 1. The van der Waals surface area contributed by atoms with E-state index in [2.05, 4.69) is 0 Å². The second kappa shape index (κ2) is 13.0. The molecular weight excluding hydrogens is 607 g/mol. The van der Waals surface area contributed by atoms with Gasteiger partial charge in [0.25, 0.3) is 0 Å². The molecule has 6 nitrogen and oxygen atoms in total. The van der Waals surface area contributed by atoms with E-state index in [9.17, 15) is 40.3 Å². The van der Waals surface area contributed by atoms with Crippen molar-refractivity contribution in [1.29, 1.82) is 0 Å². The van der Waals surface area contributed by atoms with Crippen LogP contribution in [0.2, 0.25) is 0 Å². The van der Waals surface area contributed by atoms with Crippen molar-refractivity contribution in [2.75, 3.05) is 26.7 Å². The van der Waals surface area contributed by atoms with E-state index in [-0.39, 0.29) is 31.3 Å². The van der Waals surface area contributed by atoms with Crippen molar-refractivity contribution in [3.8, 4) is 0 Å². The third kappa shape index (κ3) is 7.69. The molecule has 0 aliphatic carbocycles. The van der Waals surface area contributed by atoms with Crippen LogP contribution in [0.3, 0.4) is 0 Å². The lowest BCUT2D eigenvalue weighted by Crippen LogP contribution is -2.55. The van der Waals surface area contributed by atoms with E-state index in [1.54, 1.807) is 38.1 Å². The summed E-state index contributed by atoms with van der Waals surface area (Å²) >= 11 is 0. The van der Waals surface area contributed by atoms with E-state index in [4.69, 9.17) is 4.74 Å². The molecule has 242 valence electrons. The Morgan fingerprint density at radius 1 is 0.867 bits per heavy atom. The third-order valence-corrected chi connectivity index (χ3v) is 8.00. The minimum absolute atomic E-state index is 0.0301. The average molecular weight is 640 g/mol. The topological polar surface area (TPSA) is 53.1 Å². The Morgan fingerprint density at radius 3 is 2.02 bits per heavy atom. The predicted octanol–water partition coefficient (Wildman–Crippen LogP) is 8.54. The lowest BCUT2D eigenvalue weighted by Gasteiger charge is -2.44. The number of ether oxygens (including phenoxy) is 1. The SMILES string of the molecule is Cc1cc(F)ccc1[C@@H]1CN(C(=O)O[C@H](C)c2ccccc2)CCN1C(=O)N(C)[C@@H](C)c1cc(C(F)(F)F)cc(C(F)(F)F)c1. The molecule has 3 atom stereocenters. The number of hydrogen-bond acceptors (Lipinski definition) is 3. The summed E-state index contributed by atoms with van der Waals surface area (Å²) in [6.45, 7) is 4.61. The number of rotatable bonds is 5. The molecular formula is C32H32F7N3O3. The van der Waals surface area contributed by atoms with Crippen LogP contribution in [0, 0.1) is 12.7 Å². The number of aryl methyl sites for hydroxylation is 1. The quantitative estimate of drug-likeness (QED) is 0.263. The molecule has 1 aliphatic heterocycles. The molecule has 0 radical (unpaired) electrons. The molecule has 0 unspecified atom stereocenters. The van der Waals surface area contributed by atoms with Gasteiger partial charge in [-0.1, -0.05) is 36.4 Å². The van der Waals surface area contributed by atoms with Gasteiger partial charge >= 0.3 is 24.5 Å². The van der Waals surface area contributed by atoms with Gasteiger partial charge in [-0.05, 0) is 73.4 Å². The molecule has 1 aliphatic rings. The van der Waals surface area contributed by atoms with Gasteiger partial charge in [-0.3, -0.25) is 0 Å². The van der Waals surface area contributed by atoms with Crippen molar-refractivity contribution in [2.24, 2.45) is 0 Å². The van der Waals surface area contributed by atoms with Crippen LogP contribution in [0.5, 0.6) is 0 Å². The highest BCUT2D eigenvalue weighted by atomic mass is 19.4. The van der Waals surface area contributed by atoms with E-state index >= 15 is 0 Å². The van der Waals surface area contributed by atoms with E-state index in [0.29, 0.717) is 23.3 Å². The van der Waals surface area contributed by atoms with Gasteiger partial charge in [0.05, 0.1) is 23.2 Å². The van der Waals surface area contributed by atoms with Crippen LogP contribution in [-0.4, -0.2) is 53.5 Å². The van der Waals surface area contributed by atoms with Crippen LogP contribution >= 0.6 is 0 Å². The maximum absolute atomic E-state index is 14.0. The van der Waals surface area contributed by atoms with Gasteiger partial charge in [0.2, 0.25) is 0 Å². The van der Waals surface area contributed by atoms with Crippen LogP contribution in [0.15, 0.2) is 66.7 Å². The molecule has 1 fully saturated rings. The lowest BCUT2D eigenvalue weighted by molar-refractivity contribution is -0.143. The molecule has 0 aromatic heterocycles. The van der Waals surface area contributed by atoms with Crippen molar-refractivity contribution >= 4 is 12.1 Å². The highest BCUT2D eigenvalue weighted by Gasteiger charge is 2.40. The maximum atomic E-state index is 14.0. The number of nitrogens with zero attached hydrogens (tertiary/aromatic N) is 3. The van der Waals surface area contributed by atoms with Crippen molar-refractivity contribution in [3.05, 3.63) is 106 Å². The Balaban J connectivity index is 1.62. The monoisotopic (exact) mass is 639 g/mol. The van der Waals surface area contributed by atoms with Gasteiger partial charge in [0.15, 0.2) is 0 Å². The van der Waals surface area contributed by atoms with Crippen LogP contribution in [0.25, 0.3) is 0 Å². The average Bonchev–Trinajstić information content (AvgIpc) is 2.99. The highest BCUT2D eigenvalue weighted by Crippen LogP contribution is 2.39. The summed E-state index contributed by atoms with van der Waals surface area (Å²) in [5.74, 6) is -0.520. The number of amides is 3. The Morgan fingerprint density at radius 2 is 1.47 bits per heavy atom. The van der Waals surface area contributed by atoms with Crippen LogP contribution < -0.4 is 0 Å². The molecule has 3 amide bonds. The maximum Gasteiger partial charge on any atom is 0.416 e. The van der Waals surface area contributed by atoms with Gasteiger partial charge in [0, 0.05) is 26.7 Å². The normalized spacial score (nSPS) is 17.1. The first kappa shape index (κ1) is 33.6. The molecule has 1 heterocycles. The van der Waals surface area contributed by atoms with Crippen molar-refractivity contribution in [1.82, 2.24) is 14.7 Å². The van der Waals surface area contributed by atoms with E-state index in [1.807, 2.05) is 6.07 Å². The summed E-state index contributed by atoms with van der Waals surface area (Å²) < 4.78 is 101. The van der Waals surface area contributed by atoms with Crippen molar-refractivity contribution in [2.45, 2.75) is 51.3 Å². The number of urea groups is 1. The number of alkyl halides is 6. The van der Waals surface area contributed by atoms with E-state index in [0.717, 1.165) is 10.5 Å². The molecule has 0 N–H and O–H groups in total. The van der Waals surface area contributed by atoms with Crippen molar-refractivity contribution in [3.63, 3.8) is 0 Å². The van der Waals surface area contributed by atoms with Gasteiger partial charge in [-0.2, -0.15) is 26.3 Å². The molecule has 0 saturated carbocycles. The van der Waals surface area contributed by atoms with Crippen LogP contribution in [0.4, 0.5) is 40.3 Å². The number of benzene rings is 3. The van der Waals surface area contributed by atoms with Crippen molar-refractivity contribution < 1.29 is 45.1 Å². The first-order chi connectivity index (χ1) is 21.0. The number of hydrogen-bond donors (Lipinski definition) is 0. The summed E-state index contributed by atoms with van der Waals surface area (Å²) in [5.41, 5.74) is -1.58. The molecule has 45 heavy (non-hydrogen) atoms. The molecule has 3 aromatic rings. The first-order valence-corrected chi connectivity index (χ1v) is 14.1.